The third-order valence-electron chi connectivity index (χ3n) is 4.26. The van der Waals surface area contributed by atoms with E-state index in [4.69, 9.17) is 4.52 Å². The van der Waals surface area contributed by atoms with Gasteiger partial charge in [-0.1, -0.05) is 5.16 Å². The minimum absolute atomic E-state index is 0. The number of hydrogen-bond acceptors (Lipinski definition) is 5. The van der Waals surface area contributed by atoms with E-state index in [1.54, 1.807) is 6.92 Å². The molecule has 2 aromatic rings. The van der Waals surface area contributed by atoms with E-state index in [0.717, 1.165) is 44.4 Å². The number of halogens is 2. The van der Waals surface area contributed by atoms with E-state index in [2.05, 4.69) is 37.2 Å². The second-order valence-electron chi connectivity index (χ2n) is 6.17. The van der Waals surface area contributed by atoms with Crippen LogP contribution < -0.4 is 10.2 Å². The highest BCUT2D eigenvalue weighted by molar-refractivity contribution is 14.0. The molecule has 3 rings (SSSR count). The molecule has 0 amide bonds. The first kappa shape index (κ1) is 21.4. The molecule has 2 heterocycles. The normalized spacial score (nSPS) is 14.9. The van der Waals surface area contributed by atoms with Crippen molar-refractivity contribution in [3.63, 3.8) is 0 Å². The van der Waals surface area contributed by atoms with E-state index >= 15 is 0 Å². The molecule has 0 saturated carbocycles. The number of benzene rings is 1. The number of aryl methyl sites for hydroxylation is 1. The van der Waals surface area contributed by atoms with E-state index in [9.17, 15) is 4.39 Å². The van der Waals surface area contributed by atoms with Gasteiger partial charge < -0.3 is 19.6 Å². The van der Waals surface area contributed by atoms with Gasteiger partial charge in [0.1, 0.15) is 5.82 Å². The van der Waals surface area contributed by atoms with Gasteiger partial charge >= 0.3 is 0 Å². The number of nitrogens with one attached hydrogen (secondary N) is 1. The van der Waals surface area contributed by atoms with Gasteiger partial charge in [0.15, 0.2) is 11.8 Å². The van der Waals surface area contributed by atoms with E-state index < -0.39 is 0 Å². The van der Waals surface area contributed by atoms with E-state index in [0.29, 0.717) is 24.7 Å². The average Bonchev–Trinajstić information content (AvgIpc) is 3.07. The Bertz CT molecular complexity index is 728. The number of nitrogens with zero attached hydrogens (tertiary/aromatic N) is 5. The Morgan fingerprint density at radius 2 is 1.93 bits per heavy atom. The molecule has 1 aromatic heterocycles. The predicted octanol–water partition coefficient (Wildman–Crippen LogP) is 2.47. The maximum absolute atomic E-state index is 13.1. The van der Waals surface area contributed by atoms with E-state index in [1.165, 1.54) is 12.1 Å². The molecule has 0 bridgehead atoms. The van der Waals surface area contributed by atoms with Crippen LogP contribution in [0.15, 0.2) is 33.8 Å². The monoisotopic (exact) mass is 488 g/mol. The largest absolute Gasteiger partial charge is 0.368 e. The number of hydrogen-bond donors (Lipinski definition) is 1. The second kappa shape index (κ2) is 10.4. The second-order valence-corrected chi connectivity index (χ2v) is 6.17. The van der Waals surface area contributed by atoms with Crippen molar-refractivity contribution in [2.45, 2.75) is 20.3 Å². The molecule has 9 heteroatoms. The van der Waals surface area contributed by atoms with Crippen LogP contribution >= 0.6 is 24.0 Å². The third kappa shape index (κ3) is 6.05. The quantitative estimate of drug-likeness (QED) is 0.396. The lowest BCUT2D eigenvalue weighted by Crippen LogP contribution is -2.52. The Kier molecular flexibility index (Phi) is 8.26. The summed E-state index contributed by atoms with van der Waals surface area (Å²) < 4.78 is 18.2. The topological polar surface area (TPSA) is 69.8 Å². The molecular formula is C18H26FIN6O. The molecule has 0 aliphatic carbocycles. The number of anilines is 1. The fourth-order valence-electron chi connectivity index (χ4n) is 2.95. The van der Waals surface area contributed by atoms with E-state index in [-0.39, 0.29) is 29.8 Å². The van der Waals surface area contributed by atoms with Crippen LogP contribution in [-0.4, -0.2) is 60.3 Å². The molecule has 1 aliphatic heterocycles. The van der Waals surface area contributed by atoms with Gasteiger partial charge in [-0.3, -0.25) is 4.99 Å². The van der Waals surface area contributed by atoms with Crippen molar-refractivity contribution >= 4 is 35.6 Å². The van der Waals surface area contributed by atoms with Crippen molar-refractivity contribution in [2.75, 3.05) is 44.2 Å². The van der Waals surface area contributed by atoms with Crippen LogP contribution in [0.4, 0.5) is 10.1 Å². The Morgan fingerprint density at radius 1 is 1.22 bits per heavy atom. The van der Waals surface area contributed by atoms with Crippen molar-refractivity contribution < 1.29 is 8.91 Å². The van der Waals surface area contributed by atoms with Crippen molar-refractivity contribution in [2.24, 2.45) is 4.99 Å². The van der Waals surface area contributed by atoms with Gasteiger partial charge in [-0.2, -0.15) is 4.98 Å². The van der Waals surface area contributed by atoms with Crippen LogP contribution in [0.25, 0.3) is 0 Å². The lowest BCUT2D eigenvalue weighted by atomic mass is 10.2. The number of aromatic nitrogens is 2. The molecule has 0 radical (unpaired) electrons. The fourth-order valence-corrected chi connectivity index (χ4v) is 2.95. The maximum Gasteiger partial charge on any atom is 0.228 e. The summed E-state index contributed by atoms with van der Waals surface area (Å²) in [6, 6.07) is 6.67. The fraction of sp³-hybridized carbons (Fsp3) is 0.500. The Hall–Kier alpha value is -1.91. The first-order valence-electron chi connectivity index (χ1n) is 8.98. The number of piperazine rings is 1. The van der Waals surface area contributed by atoms with Gasteiger partial charge in [-0.25, -0.2) is 4.39 Å². The van der Waals surface area contributed by atoms with Crippen molar-refractivity contribution in [1.82, 2.24) is 20.4 Å². The van der Waals surface area contributed by atoms with Gasteiger partial charge in [-0.15, -0.1) is 24.0 Å². The van der Waals surface area contributed by atoms with Gasteiger partial charge in [0.05, 0.1) is 6.54 Å². The minimum atomic E-state index is -0.203. The summed E-state index contributed by atoms with van der Waals surface area (Å²) in [6.45, 7) is 8.76. The minimum Gasteiger partial charge on any atom is -0.368 e. The smallest absolute Gasteiger partial charge is 0.228 e. The molecule has 1 fully saturated rings. The van der Waals surface area contributed by atoms with Gasteiger partial charge in [0, 0.05) is 44.8 Å². The highest BCUT2D eigenvalue weighted by Crippen LogP contribution is 2.17. The van der Waals surface area contributed by atoms with Crippen LogP contribution in [0.1, 0.15) is 18.6 Å². The summed E-state index contributed by atoms with van der Waals surface area (Å²) >= 11 is 0. The zero-order valence-electron chi connectivity index (χ0n) is 15.7. The summed E-state index contributed by atoms with van der Waals surface area (Å²) in [5, 5.41) is 7.14. The average molecular weight is 488 g/mol. The third-order valence-corrected chi connectivity index (χ3v) is 4.26. The molecule has 148 valence electrons. The van der Waals surface area contributed by atoms with Crippen LogP contribution in [0.2, 0.25) is 0 Å². The van der Waals surface area contributed by atoms with Crippen LogP contribution in [0, 0.1) is 12.7 Å². The lowest BCUT2D eigenvalue weighted by molar-refractivity contribution is 0.368. The van der Waals surface area contributed by atoms with Crippen LogP contribution in [0.3, 0.4) is 0 Å². The molecule has 1 saturated heterocycles. The van der Waals surface area contributed by atoms with Gasteiger partial charge in [0.2, 0.25) is 5.89 Å². The first-order chi connectivity index (χ1) is 12.7. The highest BCUT2D eigenvalue weighted by Gasteiger charge is 2.19. The summed E-state index contributed by atoms with van der Waals surface area (Å²) in [7, 11) is 0. The molecule has 0 unspecified atom stereocenters. The highest BCUT2D eigenvalue weighted by atomic mass is 127. The van der Waals surface area contributed by atoms with E-state index in [1.807, 2.05) is 12.1 Å². The Balaban J connectivity index is 0.00000261. The SMILES string of the molecule is CCNC(=NCCc1nc(C)no1)N1CCN(c2ccc(F)cc2)CC1.I. The van der Waals surface area contributed by atoms with Crippen molar-refractivity contribution in [3.8, 4) is 0 Å². The lowest BCUT2D eigenvalue weighted by Gasteiger charge is -2.37. The molecule has 0 spiro atoms. The van der Waals surface area contributed by atoms with Crippen molar-refractivity contribution in [1.29, 1.82) is 0 Å². The van der Waals surface area contributed by atoms with Gasteiger partial charge in [-0.05, 0) is 38.1 Å². The number of guanidine groups is 1. The Morgan fingerprint density at radius 3 is 2.52 bits per heavy atom. The maximum atomic E-state index is 13.1. The summed E-state index contributed by atoms with van der Waals surface area (Å²) in [6.07, 6.45) is 0.630. The molecular weight excluding hydrogens is 462 g/mol. The predicted molar refractivity (Wildman–Crippen MR) is 114 cm³/mol. The van der Waals surface area contributed by atoms with Crippen molar-refractivity contribution in [3.05, 3.63) is 41.8 Å². The summed E-state index contributed by atoms with van der Waals surface area (Å²) in [4.78, 5) is 13.4. The number of aliphatic imine (C=N–C) groups is 1. The van der Waals surface area contributed by atoms with Crippen LogP contribution in [-0.2, 0) is 6.42 Å². The molecule has 7 nitrogen and oxygen atoms in total. The molecule has 1 aliphatic rings. The molecule has 27 heavy (non-hydrogen) atoms. The Labute approximate surface area is 176 Å². The molecule has 1 aromatic carbocycles. The summed E-state index contributed by atoms with van der Waals surface area (Å²) in [5.41, 5.74) is 1.06. The van der Waals surface area contributed by atoms with Crippen LogP contribution in [0.5, 0.6) is 0 Å². The first-order valence-corrected chi connectivity index (χ1v) is 8.98. The molecule has 0 atom stereocenters. The zero-order valence-corrected chi connectivity index (χ0v) is 18.0. The number of rotatable bonds is 5. The van der Waals surface area contributed by atoms with Gasteiger partial charge in [0.25, 0.3) is 0 Å². The summed E-state index contributed by atoms with van der Waals surface area (Å²) in [5.74, 6) is 1.96. The zero-order chi connectivity index (χ0) is 18.4. The molecule has 1 N–H and O–H groups in total. The standard InChI is InChI=1S/C18H25FN6O.HI/c1-3-20-18(21-9-8-17-22-14(2)23-26-17)25-12-10-24(11-13-25)16-6-4-15(19)5-7-16;/h4-7H,3,8-13H2,1-2H3,(H,20,21);1H.